The van der Waals surface area contributed by atoms with Crippen molar-refractivity contribution in [1.82, 2.24) is 14.7 Å². The van der Waals surface area contributed by atoms with Crippen LogP contribution in [0.15, 0.2) is 6.20 Å². The van der Waals surface area contributed by atoms with Gasteiger partial charge in [0.1, 0.15) is 0 Å². The van der Waals surface area contributed by atoms with Crippen LogP contribution in [0, 0.1) is 5.92 Å². The van der Waals surface area contributed by atoms with Gasteiger partial charge in [-0.25, -0.2) is 4.79 Å². The van der Waals surface area contributed by atoms with Crippen molar-refractivity contribution in [3.63, 3.8) is 0 Å². The van der Waals surface area contributed by atoms with Gasteiger partial charge < -0.3 is 14.7 Å². The van der Waals surface area contributed by atoms with E-state index in [1.54, 1.807) is 18.0 Å². The number of hydrogen-bond acceptors (Lipinski definition) is 4. The Labute approximate surface area is 141 Å². The van der Waals surface area contributed by atoms with Crippen LogP contribution < -0.4 is 0 Å². The number of nitrogens with zero attached hydrogens (tertiary/aromatic N) is 3. The maximum atomic E-state index is 13.0. The van der Waals surface area contributed by atoms with E-state index in [0.29, 0.717) is 23.9 Å². The first-order chi connectivity index (χ1) is 11.4. The minimum Gasteiger partial charge on any atom is -0.479 e. The highest BCUT2D eigenvalue weighted by Crippen LogP contribution is 2.42. The Hall–Kier alpha value is -1.89. The van der Waals surface area contributed by atoms with E-state index < -0.39 is 12.1 Å². The first-order valence-corrected chi connectivity index (χ1v) is 8.60. The smallest absolute Gasteiger partial charge is 0.334 e. The molecule has 1 aliphatic heterocycles. The van der Waals surface area contributed by atoms with Gasteiger partial charge in [-0.1, -0.05) is 13.8 Å². The topological polar surface area (TPSA) is 84.7 Å². The second kappa shape index (κ2) is 6.55. The molecule has 2 atom stereocenters. The summed E-state index contributed by atoms with van der Waals surface area (Å²) in [7, 11) is 0. The molecule has 0 spiro atoms. The van der Waals surface area contributed by atoms with E-state index >= 15 is 0 Å². The van der Waals surface area contributed by atoms with E-state index in [1.807, 2.05) is 4.68 Å². The normalized spacial score (nSPS) is 24.4. The van der Waals surface area contributed by atoms with Crippen LogP contribution in [0.2, 0.25) is 0 Å². The van der Waals surface area contributed by atoms with E-state index in [4.69, 9.17) is 4.74 Å². The van der Waals surface area contributed by atoms with Crippen molar-refractivity contribution in [3.05, 3.63) is 17.5 Å². The molecular weight excluding hydrogens is 310 g/mol. The number of ether oxygens (including phenoxy) is 1. The molecule has 24 heavy (non-hydrogen) atoms. The summed E-state index contributed by atoms with van der Waals surface area (Å²) in [4.78, 5) is 25.8. The Morgan fingerprint density at radius 3 is 2.67 bits per heavy atom. The van der Waals surface area contributed by atoms with E-state index in [9.17, 15) is 14.7 Å². The van der Waals surface area contributed by atoms with Crippen molar-refractivity contribution in [2.75, 3.05) is 13.1 Å². The second-order valence-electron chi connectivity index (χ2n) is 7.28. The van der Waals surface area contributed by atoms with Crippen LogP contribution in [-0.2, 0) is 16.1 Å². The number of aliphatic carboxylic acids is 1. The summed E-state index contributed by atoms with van der Waals surface area (Å²) in [6.45, 7) is 7.32. The summed E-state index contributed by atoms with van der Waals surface area (Å²) in [5, 5.41) is 13.6. The Bertz CT molecular complexity index is 636. The van der Waals surface area contributed by atoms with Gasteiger partial charge in [-0.2, -0.15) is 5.10 Å². The average Bonchev–Trinajstić information content (AvgIpc) is 3.26. The van der Waals surface area contributed by atoms with Gasteiger partial charge in [-0.15, -0.1) is 0 Å². The Morgan fingerprint density at radius 1 is 1.38 bits per heavy atom. The molecule has 0 radical (unpaired) electrons. The van der Waals surface area contributed by atoms with Crippen LogP contribution in [0.4, 0.5) is 0 Å². The molecule has 0 aromatic carbocycles. The third kappa shape index (κ3) is 3.45. The summed E-state index contributed by atoms with van der Waals surface area (Å²) < 4.78 is 7.35. The van der Waals surface area contributed by atoms with Crippen LogP contribution in [0.1, 0.15) is 55.6 Å². The highest BCUT2D eigenvalue weighted by Gasteiger charge is 2.37. The predicted molar refractivity (Wildman–Crippen MR) is 86.9 cm³/mol. The number of rotatable bonds is 5. The number of amides is 1. The highest BCUT2D eigenvalue weighted by atomic mass is 16.5. The number of carboxylic acid groups (broad SMARTS) is 1. The maximum absolute atomic E-state index is 13.0. The van der Waals surface area contributed by atoms with Gasteiger partial charge in [0.15, 0.2) is 6.10 Å². The maximum Gasteiger partial charge on any atom is 0.334 e. The number of carbonyl (C=O) groups is 2. The first-order valence-electron chi connectivity index (χ1n) is 8.60. The monoisotopic (exact) mass is 335 g/mol. The average molecular weight is 335 g/mol. The second-order valence-corrected chi connectivity index (χ2v) is 7.28. The molecular formula is C17H25N3O4. The molecule has 7 nitrogen and oxygen atoms in total. The molecule has 2 fully saturated rings. The van der Waals surface area contributed by atoms with Crippen LogP contribution in [0.5, 0.6) is 0 Å². The molecule has 1 aromatic heterocycles. The fraction of sp³-hybridized carbons (Fsp3) is 0.706. The van der Waals surface area contributed by atoms with Crippen molar-refractivity contribution in [3.8, 4) is 0 Å². The fourth-order valence-corrected chi connectivity index (χ4v) is 3.26. The zero-order chi connectivity index (χ0) is 17.4. The van der Waals surface area contributed by atoms with Gasteiger partial charge in [0, 0.05) is 19.0 Å². The summed E-state index contributed by atoms with van der Waals surface area (Å²) in [6, 6.07) is 0. The molecule has 3 rings (SSSR count). The lowest BCUT2D eigenvalue weighted by Gasteiger charge is -2.35. The third-order valence-corrected chi connectivity index (χ3v) is 4.44. The first kappa shape index (κ1) is 17.0. The molecule has 1 N–H and O–H groups in total. The molecule has 1 amide bonds. The molecule has 1 unspecified atom stereocenters. The summed E-state index contributed by atoms with van der Waals surface area (Å²) in [6.07, 6.45) is 2.56. The molecule has 2 aliphatic rings. The highest BCUT2D eigenvalue weighted by molar-refractivity contribution is 5.96. The van der Waals surface area contributed by atoms with E-state index in [-0.39, 0.29) is 18.6 Å². The van der Waals surface area contributed by atoms with Crippen LogP contribution >= 0.6 is 0 Å². The van der Waals surface area contributed by atoms with Gasteiger partial charge in [0.2, 0.25) is 0 Å². The van der Waals surface area contributed by atoms with Crippen LogP contribution in [0.25, 0.3) is 0 Å². The third-order valence-electron chi connectivity index (χ3n) is 4.44. The van der Waals surface area contributed by atoms with Gasteiger partial charge in [0.25, 0.3) is 5.91 Å². The Morgan fingerprint density at radius 2 is 2.08 bits per heavy atom. The van der Waals surface area contributed by atoms with E-state index in [2.05, 4.69) is 18.9 Å². The zero-order valence-electron chi connectivity index (χ0n) is 14.4. The SMILES string of the molecule is CC(C)Cn1ncc(C(=O)N2CC(C(=O)O)O[C@H](C)C2)c1C1CC1. The molecule has 132 valence electrons. The van der Waals surface area contributed by atoms with Gasteiger partial charge in [-0.05, 0) is 25.7 Å². The number of aromatic nitrogens is 2. The molecule has 1 saturated heterocycles. The minimum atomic E-state index is -1.03. The van der Waals surface area contributed by atoms with Crippen molar-refractivity contribution in [2.24, 2.45) is 5.92 Å². The summed E-state index contributed by atoms with van der Waals surface area (Å²) in [5.41, 5.74) is 1.64. The van der Waals surface area contributed by atoms with Crippen molar-refractivity contribution < 1.29 is 19.4 Å². The Balaban J connectivity index is 1.84. The number of morpholine rings is 1. The quantitative estimate of drug-likeness (QED) is 0.886. The standard InChI is InChI=1S/C17H25N3O4/c1-10(2)7-20-15(12-4-5-12)13(6-18-20)16(21)19-8-11(3)24-14(9-19)17(22)23/h6,10-12,14H,4-5,7-9H2,1-3H3,(H,22,23)/t11-,14?/m1/s1. The Kier molecular flexibility index (Phi) is 4.62. The molecule has 2 heterocycles. The summed E-state index contributed by atoms with van der Waals surface area (Å²) >= 11 is 0. The lowest BCUT2D eigenvalue weighted by Crippen LogP contribution is -2.51. The van der Waals surface area contributed by atoms with Gasteiger partial charge >= 0.3 is 5.97 Å². The molecule has 7 heteroatoms. The van der Waals surface area contributed by atoms with Crippen LogP contribution in [-0.4, -0.2) is 57.0 Å². The van der Waals surface area contributed by atoms with E-state index in [0.717, 1.165) is 25.1 Å². The molecule has 0 bridgehead atoms. The fourth-order valence-electron chi connectivity index (χ4n) is 3.26. The molecule has 1 aromatic rings. The van der Waals surface area contributed by atoms with Gasteiger partial charge in [-0.3, -0.25) is 9.48 Å². The van der Waals surface area contributed by atoms with E-state index in [1.165, 1.54) is 0 Å². The lowest BCUT2D eigenvalue weighted by atomic mass is 10.1. The number of carbonyl (C=O) groups excluding carboxylic acids is 1. The number of carboxylic acids is 1. The van der Waals surface area contributed by atoms with Crippen LogP contribution in [0.3, 0.4) is 0 Å². The minimum absolute atomic E-state index is 0.0813. The largest absolute Gasteiger partial charge is 0.479 e. The lowest BCUT2D eigenvalue weighted by molar-refractivity contribution is -0.160. The van der Waals surface area contributed by atoms with Crippen molar-refractivity contribution in [1.29, 1.82) is 0 Å². The van der Waals surface area contributed by atoms with Gasteiger partial charge in [0.05, 0.1) is 30.1 Å². The predicted octanol–water partition coefficient (Wildman–Crippen LogP) is 1.73. The van der Waals surface area contributed by atoms with Crippen molar-refractivity contribution in [2.45, 2.75) is 58.3 Å². The molecule has 1 aliphatic carbocycles. The zero-order valence-corrected chi connectivity index (χ0v) is 14.4. The molecule has 1 saturated carbocycles. The number of hydrogen-bond donors (Lipinski definition) is 1. The van der Waals surface area contributed by atoms with Crippen molar-refractivity contribution >= 4 is 11.9 Å². The summed E-state index contributed by atoms with van der Waals surface area (Å²) in [5.74, 6) is -0.310.